The van der Waals surface area contributed by atoms with Gasteiger partial charge in [0.05, 0.1) is 6.04 Å². The lowest BCUT2D eigenvalue weighted by atomic mass is 10.0. The molecule has 2 N–H and O–H groups in total. The van der Waals surface area contributed by atoms with Crippen molar-refractivity contribution in [1.82, 2.24) is 10.6 Å². The standard InChI is InChI=1S/C17H28N2O/c1-11-8-12(2)10-15(9-11)13(3)18-14(4)16(20)19-17(5,6)7/h8-10,13-14,18H,1-7H3,(H,19,20). The number of amides is 1. The largest absolute Gasteiger partial charge is 0.350 e. The molecule has 0 saturated heterocycles. The SMILES string of the molecule is Cc1cc(C)cc(C(C)NC(C)C(=O)NC(C)(C)C)c1. The van der Waals surface area contributed by atoms with Crippen molar-refractivity contribution in [2.45, 2.75) is 66.1 Å². The van der Waals surface area contributed by atoms with Crippen molar-refractivity contribution in [3.05, 3.63) is 34.9 Å². The summed E-state index contributed by atoms with van der Waals surface area (Å²) < 4.78 is 0. The molecule has 3 nitrogen and oxygen atoms in total. The van der Waals surface area contributed by atoms with E-state index in [2.05, 4.69) is 49.6 Å². The van der Waals surface area contributed by atoms with Gasteiger partial charge in [-0.2, -0.15) is 0 Å². The predicted octanol–water partition coefficient (Wildman–Crippen LogP) is 3.26. The second-order valence-electron chi connectivity index (χ2n) is 6.77. The van der Waals surface area contributed by atoms with Crippen LogP contribution in [0.3, 0.4) is 0 Å². The van der Waals surface area contributed by atoms with Crippen LogP contribution in [0.1, 0.15) is 57.4 Å². The van der Waals surface area contributed by atoms with Gasteiger partial charge in [0.1, 0.15) is 0 Å². The zero-order valence-electron chi connectivity index (χ0n) is 13.8. The molecule has 0 fully saturated rings. The van der Waals surface area contributed by atoms with Gasteiger partial charge in [-0.15, -0.1) is 0 Å². The molecule has 0 aliphatic carbocycles. The molecule has 0 bridgehead atoms. The molecule has 112 valence electrons. The summed E-state index contributed by atoms with van der Waals surface area (Å²) >= 11 is 0. The molecule has 0 saturated carbocycles. The first kappa shape index (κ1) is 16.7. The van der Waals surface area contributed by atoms with Gasteiger partial charge in [0.25, 0.3) is 0 Å². The molecule has 1 rings (SSSR count). The summed E-state index contributed by atoms with van der Waals surface area (Å²) in [5.41, 5.74) is 3.52. The van der Waals surface area contributed by atoms with Gasteiger partial charge < -0.3 is 5.32 Å². The maximum absolute atomic E-state index is 12.1. The van der Waals surface area contributed by atoms with Crippen LogP contribution in [0.4, 0.5) is 0 Å². The average Bonchev–Trinajstić information content (AvgIpc) is 2.25. The molecular formula is C17H28N2O. The van der Waals surface area contributed by atoms with Gasteiger partial charge in [-0.3, -0.25) is 10.1 Å². The Kier molecular flexibility index (Phi) is 5.35. The molecular weight excluding hydrogens is 248 g/mol. The van der Waals surface area contributed by atoms with E-state index in [0.717, 1.165) is 0 Å². The third kappa shape index (κ3) is 5.33. The normalized spacial score (nSPS) is 14.8. The fourth-order valence-corrected chi connectivity index (χ4v) is 2.28. The Morgan fingerprint density at radius 1 is 1.05 bits per heavy atom. The lowest BCUT2D eigenvalue weighted by Gasteiger charge is -2.26. The highest BCUT2D eigenvalue weighted by molar-refractivity contribution is 5.82. The van der Waals surface area contributed by atoms with Gasteiger partial charge in [-0.1, -0.05) is 29.3 Å². The summed E-state index contributed by atoms with van der Waals surface area (Å²) in [6.07, 6.45) is 0. The minimum Gasteiger partial charge on any atom is -0.350 e. The number of hydrogen-bond donors (Lipinski definition) is 2. The van der Waals surface area contributed by atoms with E-state index < -0.39 is 0 Å². The fourth-order valence-electron chi connectivity index (χ4n) is 2.28. The number of carbonyl (C=O) groups excluding carboxylic acids is 1. The van der Waals surface area contributed by atoms with Gasteiger partial charge in [0, 0.05) is 11.6 Å². The van der Waals surface area contributed by atoms with Gasteiger partial charge in [-0.25, -0.2) is 0 Å². The molecule has 0 radical (unpaired) electrons. The molecule has 1 amide bonds. The zero-order chi connectivity index (χ0) is 15.5. The molecule has 0 aliphatic heterocycles. The molecule has 0 spiro atoms. The van der Waals surface area contributed by atoms with Crippen LogP contribution in [0.25, 0.3) is 0 Å². The van der Waals surface area contributed by atoms with Crippen molar-refractivity contribution < 1.29 is 4.79 Å². The molecule has 1 aromatic carbocycles. The highest BCUT2D eigenvalue weighted by atomic mass is 16.2. The van der Waals surface area contributed by atoms with Gasteiger partial charge in [-0.05, 0) is 54.0 Å². The highest BCUT2D eigenvalue weighted by Crippen LogP contribution is 2.17. The Balaban J connectivity index is 2.70. The van der Waals surface area contributed by atoms with Crippen LogP contribution in [0.2, 0.25) is 0 Å². The molecule has 2 atom stereocenters. The topological polar surface area (TPSA) is 41.1 Å². The number of aryl methyl sites for hydroxylation is 2. The Morgan fingerprint density at radius 2 is 1.55 bits per heavy atom. The second kappa shape index (κ2) is 6.40. The van der Waals surface area contributed by atoms with E-state index >= 15 is 0 Å². The van der Waals surface area contributed by atoms with Crippen LogP contribution in [0.5, 0.6) is 0 Å². The molecule has 2 unspecified atom stereocenters. The number of rotatable bonds is 4. The molecule has 3 heteroatoms. The third-order valence-electron chi connectivity index (χ3n) is 3.14. The smallest absolute Gasteiger partial charge is 0.237 e. The first-order valence-electron chi connectivity index (χ1n) is 7.25. The van der Waals surface area contributed by atoms with E-state index in [1.165, 1.54) is 16.7 Å². The third-order valence-corrected chi connectivity index (χ3v) is 3.14. The second-order valence-corrected chi connectivity index (χ2v) is 6.77. The Labute approximate surface area is 123 Å². The summed E-state index contributed by atoms with van der Waals surface area (Å²) in [7, 11) is 0. The lowest BCUT2D eigenvalue weighted by molar-refractivity contribution is -0.124. The van der Waals surface area contributed by atoms with Gasteiger partial charge >= 0.3 is 0 Å². The van der Waals surface area contributed by atoms with Crippen LogP contribution in [-0.4, -0.2) is 17.5 Å². The van der Waals surface area contributed by atoms with E-state index in [1.54, 1.807) is 0 Å². The van der Waals surface area contributed by atoms with E-state index in [1.807, 2.05) is 27.7 Å². The van der Waals surface area contributed by atoms with Crippen LogP contribution in [0, 0.1) is 13.8 Å². The zero-order valence-corrected chi connectivity index (χ0v) is 13.8. The van der Waals surface area contributed by atoms with Crippen LogP contribution in [-0.2, 0) is 4.79 Å². The minimum absolute atomic E-state index is 0.0359. The summed E-state index contributed by atoms with van der Waals surface area (Å²) in [5, 5.41) is 6.36. The Hall–Kier alpha value is -1.35. The van der Waals surface area contributed by atoms with Crippen LogP contribution in [0.15, 0.2) is 18.2 Å². The maximum atomic E-state index is 12.1. The number of hydrogen-bond acceptors (Lipinski definition) is 2. The Bertz CT molecular complexity index is 454. The number of benzene rings is 1. The predicted molar refractivity (Wildman–Crippen MR) is 84.8 cm³/mol. The van der Waals surface area contributed by atoms with Crippen LogP contribution < -0.4 is 10.6 Å². The van der Waals surface area contributed by atoms with Crippen molar-refractivity contribution in [3.63, 3.8) is 0 Å². The Morgan fingerprint density at radius 3 is 2.00 bits per heavy atom. The molecule has 20 heavy (non-hydrogen) atoms. The molecule has 1 aromatic rings. The fraction of sp³-hybridized carbons (Fsp3) is 0.588. The number of carbonyl (C=O) groups is 1. The summed E-state index contributed by atoms with van der Waals surface area (Å²) in [6, 6.07) is 6.42. The highest BCUT2D eigenvalue weighted by Gasteiger charge is 2.20. The maximum Gasteiger partial charge on any atom is 0.237 e. The monoisotopic (exact) mass is 276 g/mol. The van der Waals surface area contributed by atoms with E-state index in [0.29, 0.717) is 0 Å². The van der Waals surface area contributed by atoms with Gasteiger partial charge in [0.2, 0.25) is 5.91 Å². The summed E-state index contributed by atoms with van der Waals surface area (Å²) in [6.45, 7) is 14.2. The van der Waals surface area contributed by atoms with Crippen molar-refractivity contribution in [2.75, 3.05) is 0 Å². The van der Waals surface area contributed by atoms with E-state index in [9.17, 15) is 4.79 Å². The van der Waals surface area contributed by atoms with Gasteiger partial charge in [0.15, 0.2) is 0 Å². The first-order valence-corrected chi connectivity index (χ1v) is 7.25. The van der Waals surface area contributed by atoms with Crippen molar-refractivity contribution >= 4 is 5.91 Å². The van der Waals surface area contributed by atoms with E-state index in [4.69, 9.17) is 0 Å². The average molecular weight is 276 g/mol. The summed E-state index contributed by atoms with van der Waals surface area (Å²) in [4.78, 5) is 12.1. The quantitative estimate of drug-likeness (QED) is 0.886. The van der Waals surface area contributed by atoms with Crippen molar-refractivity contribution in [1.29, 1.82) is 0 Å². The lowest BCUT2D eigenvalue weighted by Crippen LogP contribution is -2.49. The number of nitrogens with one attached hydrogen (secondary N) is 2. The molecule has 0 aliphatic rings. The van der Waals surface area contributed by atoms with Crippen molar-refractivity contribution in [2.24, 2.45) is 0 Å². The molecule has 0 aromatic heterocycles. The molecule has 0 heterocycles. The van der Waals surface area contributed by atoms with Crippen molar-refractivity contribution in [3.8, 4) is 0 Å². The van der Waals surface area contributed by atoms with Crippen LogP contribution >= 0.6 is 0 Å². The minimum atomic E-state index is -0.218. The first-order chi connectivity index (χ1) is 9.08. The summed E-state index contributed by atoms with van der Waals surface area (Å²) in [5.74, 6) is 0.0359. The van der Waals surface area contributed by atoms with E-state index in [-0.39, 0.29) is 23.5 Å².